The van der Waals surface area contributed by atoms with Crippen molar-refractivity contribution in [3.8, 4) is 33.8 Å². The first-order chi connectivity index (χ1) is 23.7. The molecule has 3 aromatic carbocycles. The van der Waals surface area contributed by atoms with E-state index < -0.39 is 0 Å². The Bertz CT molecular complexity index is 1770. The van der Waals surface area contributed by atoms with E-state index in [2.05, 4.69) is 108 Å². The maximum Gasteiger partial charge on any atom is 0.0717 e. The standard InChI is InChI=1S/C44H38N4/c1-3-8-39(9-4-1)42-22-19-33(29-46-42)13-16-36-26-37(17-14-34-20-23-43(47-30-34)40-10-5-2-6-11-40)28-38(27-36)18-15-35-21-24-44(48-31-35)41-12-7-25-45-32-41/h1-12,19-32H,13-18H2. The average molecular weight is 623 g/mol. The Labute approximate surface area is 283 Å². The van der Waals surface area contributed by atoms with Gasteiger partial charge in [-0.2, -0.15) is 0 Å². The highest BCUT2D eigenvalue weighted by molar-refractivity contribution is 5.60. The molecule has 0 atom stereocenters. The van der Waals surface area contributed by atoms with Crippen molar-refractivity contribution in [2.24, 2.45) is 0 Å². The summed E-state index contributed by atoms with van der Waals surface area (Å²) in [6.07, 6.45) is 15.5. The Kier molecular flexibility index (Phi) is 9.80. The van der Waals surface area contributed by atoms with Crippen molar-refractivity contribution in [3.05, 3.63) is 192 Å². The van der Waals surface area contributed by atoms with Gasteiger partial charge in [-0.15, -0.1) is 0 Å². The maximum atomic E-state index is 4.76. The second-order valence-corrected chi connectivity index (χ2v) is 12.3. The van der Waals surface area contributed by atoms with Gasteiger partial charge in [0.05, 0.1) is 17.1 Å². The molecule has 0 saturated carbocycles. The third-order valence-electron chi connectivity index (χ3n) is 8.79. The average Bonchev–Trinajstić information content (AvgIpc) is 3.17. The van der Waals surface area contributed by atoms with Gasteiger partial charge in [0.1, 0.15) is 0 Å². The molecule has 4 heteroatoms. The molecule has 48 heavy (non-hydrogen) atoms. The van der Waals surface area contributed by atoms with Gasteiger partial charge >= 0.3 is 0 Å². The molecule has 7 aromatic rings. The summed E-state index contributed by atoms with van der Waals surface area (Å²) < 4.78 is 0. The number of aryl methyl sites for hydroxylation is 6. The lowest BCUT2D eigenvalue weighted by Crippen LogP contribution is -2.00. The zero-order valence-corrected chi connectivity index (χ0v) is 27.0. The molecule has 7 rings (SSSR count). The SMILES string of the molecule is c1ccc(-c2ccc(CCc3cc(CCc4ccc(-c5ccccc5)nc4)cc(CCc4ccc(-c5cccnc5)nc4)c3)cn2)cc1. The first-order valence-corrected chi connectivity index (χ1v) is 16.7. The summed E-state index contributed by atoms with van der Waals surface area (Å²) in [7, 11) is 0. The number of hydrogen-bond donors (Lipinski definition) is 0. The van der Waals surface area contributed by atoms with Crippen LogP contribution in [0, 0.1) is 0 Å². The van der Waals surface area contributed by atoms with E-state index in [0.717, 1.165) is 72.3 Å². The molecule has 0 aliphatic carbocycles. The Balaban J connectivity index is 1.05. The number of rotatable bonds is 12. The van der Waals surface area contributed by atoms with E-state index in [1.807, 2.05) is 49.1 Å². The molecule has 0 aliphatic rings. The Morgan fingerprint density at radius 1 is 0.312 bits per heavy atom. The van der Waals surface area contributed by atoms with Crippen LogP contribution in [0.15, 0.2) is 158 Å². The van der Waals surface area contributed by atoms with Crippen molar-refractivity contribution in [2.45, 2.75) is 38.5 Å². The molecule has 0 radical (unpaired) electrons. The number of aromatic nitrogens is 4. The summed E-state index contributed by atoms with van der Waals surface area (Å²) in [5.41, 5.74) is 14.2. The molecule has 0 unspecified atom stereocenters. The normalized spacial score (nSPS) is 11.0. The number of nitrogens with zero attached hydrogens (tertiary/aromatic N) is 4. The predicted molar refractivity (Wildman–Crippen MR) is 195 cm³/mol. The van der Waals surface area contributed by atoms with E-state index in [1.165, 1.54) is 33.4 Å². The quantitative estimate of drug-likeness (QED) is 0.136. The van der Waals surface area contributed by atoms with Gasteiger partial charge in [-0.3, -0.25) is 19.9 Å². The molecule has 0 aliphatic heterocycles. The van der Waals surface area contributed by atoms with Crippen LogP contribution in [0.4, 0.5) is 0 Å². The zero-order valence-electron chi connectivity index (χ0n) is 27.0. The van der Waals surface area contributed by atoms with Gasteiger partial charge in [-0.05, 0) is 102 Å². The van der Waals surface area contributed by atoms with E-state index >= 15 is 0 Å². The van der Waals surface area contributed by atoms with Crippen LogP contribution >= 0.6 is 0 Å². The maximum absolute atomic E-state index is 4.76. The summed E-state index contributed by atoms with van der Waals surface area (Å²) in [5, 5.41) is 0. The van der Waals surface area contributed by atoms with Crippen LogP contribution in [0.2, 0.25) is 0 Å². The van der Waals surface area contributed by atoms with Crippen molar-refractivity contribution in [1.29, 1.82) is 0 Å². The van der Waals surface area contributed by atoms with Crippen molar-refractivity contribution in [2.75, 3.05) is 0 Å². The predicted octanol–water partition coefficient (Wildman–Crippen LogP) is 9.62. The molecule has 0 N–H and O–H groups in total. The second-order valence-electron chi connectivity index (χ2n) is 12.3. The van der Waals surface area contributed by atoms with Crippen molar-refractivity contribution >= 4 is 0 Å². The summed E-state index contributed by atoms with van der Waals surface area (Å²) in [6.45, 7) is 0. The molecule has 0 amide bonds. The second kappa shape index (κ2) is 15.2. The van der Waals surface area contributed by atoms with Crippen LogP contribution < -0.4 is 0 Å². The number of hydrogen-bond acceptors (Lipinski definition) is 4. The molecule has 0 saturated heterocycles. The molecule has 4 aromatic heterocycles. The Morgan fingerprint density at radius 3 is 1.04 bits per heavy atom. The highest BCUT2D eigenvalue weighted by Gasteiger charge is 2.08. The van der Waals surface area contributed by atoms with Crippen LogP contribution in [-0.4, -0.2) is 19.9 Å². The third kappa shape index (κ3) is 8.15. The van der Waals surface area contributed by atoms with Crippen LogP contribution in [0.5, 0.6) is 0 Å². The summed E-state index contributed by atoms with van der Waals surface area (Å²) >= 11 is 0. The van der Waals surface area contributed by atoms with Gasteiger partial charge in [0, 0.05) is 47.7 Å². The van der Waals surface area contributed by atoms with Gasteiger partial charge < -0.3 is 0 Å². The molecule has 0 bridgehead atoms. The monoisotopic (exact) mass is 622 g/mol. The lowest BCUT2D eigenvalue weighted by molar-refractivity contribution is 0.897. The van der Waals surface area contributed by atoms with Gasteiger partial charge in [-0.1, -0.05) is 97.1 Å². The van der Waals surface area contributed by atoms with Crippen LogP contribution in [0.3, 0.4) is 0 Å². The van der Waals surface area contributed by atoms with Gasteiger partial charge in [-0.25, -0.2) is 0 Å². The molecular formula is C44H38N4. The lowest BCUT2D eigenvalue weighted by atomic mass is 9.94. The van der Waals surface area contributed by atoms with Crippen molar-refractivity contribution in [1.82, 2.24) is 19.9 Å². The summed E-state index contributed by atoms with van der Waals surface area (Å²) in [4.78, 5) is 18.5. The zero-order chi connectivity index (χ0) is 32.4. The lowest BCUT2D eigenvalue weighted by Gasteiger charge is -2.12. The van der Waals surface area contributed by atoms with E-state index in [1.54, 1.807) is 6.20 Å². The molecule has 4 nitrogen and oxygen atoms in total. The molecular weight excluding hydrogens is 585 g/mol. The van der Waals surface area contributed by atoms with Crippen LogP contribution in [-0.2, 0) is 38.5 Å². The van der Waals surface area contributed by atoms with Crippen molar-refractivity contribution < 1.29 is 0 Å². The molecule has 0 spiro atoms. The smallest absolute Gasteiger partial charge is 0.0717 e. The fourth-order valence-electron chi connectivity index (χ4n) is 6.10. The first-order valence-electron chi connectivity index (χ1n) is 16.7. The first kappa shape index (κ1) is 30.9. The molecule has 4 heterocycles. The van der Waals surface area contributed by atoms with E-state index in [0.29, 0.717) is 0 Å². The molecule has 234 valence electrons. The fraction of sp³-hybridized carbons (Fsp3) is 0.136. The van der Waals surface area contributed by atoms with Crippen LogP contribution in [0.1, 0.15) is 33.4 Å². The number of benzene rings is 3. The number of pyridine rings is 4. The highest BCUT2D eigenvalue weighted by Crippen LogP contribution is 2.22. The van der Waals surface area contributed by atoms with E-state index in [4.69, 9.17) is 15.0 Å². The molecule has 0 fully saturated rings. The Morgan fingerprint density at radius 2 is 0.688 bits per heavy atom. The fourth-order valence-corrected chi connectivity index (χ4v) is 6.10. The summed E-state index contributed by atoms with van der Waals surface area (Å²) in [6, 6.07) is 44.9. The largest absolute Gasteiger partial charge is 0.264 e. The minimum atomic E-state index is 0.943. The van der Waals surface area contributed by atoms with Gasteiger partial charge in [0.2, 0.25) is 0 Å². The minimum Gasteiger partial charge on any atom is -0.264 e. The highest BCUT2D eigenvalue weighted by atomic mass is 14.7. The topological polar surface area (TPSA) is 51.6 Å². The minimum absolute atomic E-state index is 0.943. The van der Waals surface area contributed by atoms with Gasteiger partial charge in [0.25, 0.3) is 0 Å². The Hall–Kier alpha value is -5.74. The third-order valence-corrected chi connectivity index (χ3v) is 8.79. The van der Waals surface area contributed by atoms with Crippen molar-refractivity contribution in [3.63, 3.8) is 0 Å². The van der Waals surface area contributed by atoms with E-state index in [9.17, 15) is 0 Å². The van der Waals surface area contributed by atoms with Crippen LogP contribution in [0.25, 0.3) is 33.8 Å². The summed E-state index contributed by atoms with van der Waals surface area (Å²) in [5.74, 6) is 0. The van der Waals surface area contributed by atoms with Gasteiger partial charge in [0.15, 0.2) is 0 Å². The van der Waals surface area contributed by atoms with E-state index in [-0.39, 0.29) is 0 Å².